The molecule has 0 saturated carbocycles. The molecular weight excluding hydrogens is 470 g/mol. The third-order valence-electron chi connectivity index (χ3n) is 6.19. The first kappa shape index (κ1) is 23.8. The summed E-state index contributed by atoms with van der Waals surface area (Å²) in [6.07, 6.45) is 0.108. The van der Waals surface area contributed by atoms with Crippen molar-refractivity contribution in [3.8, 4) is 17.0 Å². The van der Waals surface area contributed by atoms with Crippen LogP contribution in [0.5, 0.6) is 5.75 Å². The van der Waals surface area contributed by atoms with Crippen LogP contribution in [0.3, 0.4) is 0 Å². The SMILES string of the molecule is CC1Oc2ccc(-c3csc(Cc4ccccc4)n3)cc2N(CC(=O)N(C)Cc2ccccc2)C1=O. The predicted octanol–water partition coefficient (Wildman–Crippen LogP) is 5.17. The molecule has 0 spiro atoms. The average molecular weight is 498 g/mol. The second-order valence-electron chi connectivity index (χ2n) is 8.89. The standard InChI is InChI=1S/C29H27N3O3S/c1-20-29(34)32(18-28(33)31(2)17-22-11-7-4-8-12-22)25-16-23(13-14-26(25)35-20)24-19-36-27(30-24)15-21-9-5-3-6-10-21/h3-14,16,19-20H,15,17-18H2,1-2H3. The molecule has 0 N–H and O–H groups in total. The summed E-state index contributed by atoms with van der Waals surface area (Å²) in [5.74, 6) is 0.213. The molecular formula is C29H27N3O3S. The molecule has 3 aromatic carbocycles. The van der Waals surface area contributed by atoms with Crippen molar-refractivity contribution in [1.82, 2.24) is 9.88 Å². The Morgan fingerprint density at radius 3 is 2.44 bits per heavy atom. The zero-order valence-electron chi connectivity index (χ0n) is 20.3. The predicted molar refractivity (Wildman–Crippen MR) is 142 cm³/mol. The van der Waals surface area contributed by atoms with E-state index in [1.807, 2.05) is 72.1 Å². The van der Waals surface area contributed by atoms with Gasteiger partial charge >= 0.3 is 0 Å². The van der Waals surface area contributed by atoms with Gasteiger partial charge in [-0.2, -0.15) is 0 Å². The first-order chi connectivity index (χ1) is 17.5. The lowest BCUT2D eigenvalue weighted by Gasteiger charge is -2.33. The molecule has 2 amide bonds. The van der Waals surface area contributed by atoms with Gasteiger partial charge in [0.2, 0.25) is 5.91 Å². The van der Waals surface area contributed by atoms with Crippen molar-refractivity contribution in [3.05, 3.63) is 100 Å². The summed E-state index contributed by atoms with van der Waals surface area (Å²) in [7, 11) is 1.75. The van der Waals surface area contributed by atoms with Gasteiger partial charge in [-0.15, -0.1) is 11.3 Å². The Balaban J connectivity index is 1.37. The van der Waals surface area contributed by atoms with Crippen LogP contribution >= 0.6 is 11.3 Å². The van der Waals surface area contributed by atoms with Crippen LogP contribution in [0.4, 0.5) is 5.69 Å². The molecule has 0 radical (unpaired) electrons. The maximum absolute atomic E-state index is 13.1. The largest absolute Gasteiger partial charge is 0.479 e. The molecule has 1 atom stereocenters. The zero-order chi connectivity index (χ0) is 25.1. The van der Waals surface area contributed by atoms with E-state index in [2.05, 4.69) is 12.1 Å². The van der Waals surface area contributed by atoms with E-state index in [1.165, 1.54) is 10.5 Å². The molecule has 1 unspecified atom stereocenters. The van der Waals surface area contributed by atoms with Crippen LogP contribution < -0.4 is 9.64 Å². The second kappa shape index (κ2) is 10.3. The van der Waals surface area contributed by atoms with Crippen LogP contribution in [0.15, 0.2) is 84.2 Å². The smallest absolute Gasteiger partial charge is 0.268 e. The van der Waals surface area contributed by atoms with Gasteiger partial charge < -0.3 is 9.64 Å². The van der Waals surface area contributed by atoms with Crippen LogP contribution in [0.25, 0.3) is 11.3 Å². The van der Waals surface area contributed by atoms with Gasteiger partial charge in [0, 0.05) is 31.0 Å². The Hall–Kier alpha value is -3.97. The number of ether oxygens (including phenoxy) is 1. The molecule has 0 aliphatic carbocycles. The molecule has 36 heavy (non-hydrogen) atoms. The molecule has 1 aromatic heterocycles. The molecule has 2 heterocycles. The van der Waals surface area contributed by atoms with E-state index in [4.69, 9.17) is 9.72 Å². The fourth-order valence-corrected chi connectivity index (χ4v) is 5.06. The Kier molecular flexibility index (Phi) is 6.82. The van der Waals surface area contributed by atoms with Crippen molar-refractivity contribution >= 4 is 28.8 Å². The topological polar surface area (TPSA) is 62.7 Å². The molecule has 0 saturated heterocycles. The highest BCUT2D eigenvalue weighted by Gasteiger charge is 2.33. The number of thiazole rings is 1. The van der Waals surface area contributed by atoms with Crippen LogP contribution in [-0.2, 0) is 22.6 Å². The van der Waals surface area contributed by atoms with Gasteiger partial charge in [0.25, 0.3) is 5.91 Å². The minimum Gasteiger partial charge on any atom is -0.479 e. The number of rotatable bonds is 7. The monoisotopic (exact) mass is 497 g/mol. The second-order valence-corrected chi connectivity index (χ2v) is 9.83. The van der Waals surface area contributed by atoms with Gasteiger partial charge in [-0.1, -0.05) is 60.7 Å². The number of carbonyl (C=O) groups is 2. The van der Waals surface area contributed by atoms with E-state index in [-0.39, 0.29) is 18.4 Å². The summed E-state index contributed by atoms with van der Waals surface area (Å²) in [6.45, 7) is 2.13. The van der Waals surface area contributed by atoms with Crippen molar-refractivity contribution in [2.24, 2.45) is 0 Å². The van der Waals surface area contributed by atoms with Gasteiger partial charge in [-0.05, 0) is 36.2 Å². The number of hydrogen-bond acceptors (Lipinski definition) is 5. The molecule has 182 valence electrons. The van der Waals surface area contributed by atoms with E-state index < -0.39 is 6.10 Å². The number of carbonyl (C=O) groups excluding carboxylic acids is 2. The van der Waals surface area contributed by atoms with Gasteiger partial charge in [-0.3, -0.25) is 14.5 Å². The molecule has 0 bridgehead atoms. The van der Waals surface area contributed by atoms with Crippen molar-refractivity contribution in [2.75, 3.05) is 18.5 Å². The Morgan fingerprint density at radius 2 is 1.72 bits per heavy atom. The molecule has 7 heteroatoms. The third-order valence-corrected chi connectivity index (χ3v) is 7.04. The van der Waals surface area contributed by atoms with Gasteiger partial charge in [0.1, 0.15) is 12.3 Å². The van der Waals surface area contributed by atoms with E-state index in [0.29, 0.717) is 18.0 Å². The summed E-state index contributed by atoms with van der Waals surface area (Å²) in [5, 5.41) is 3.04. The average Bonchev–Trinajstić information content (AvgIpc) is 3.36. The Labute approximate surface area is 214 Å². The Bertz CT molecular complexity index is 1370. The van der Waals surface area contributed by atoms with E-state index in [0.717, 1.165) is 28.2 Å². The number of hydrogen-bond donors (Lipinski definition) is 0. The van der Waals surface area contributed by atoms with Gasteiger partial charge in [-0.25, -0.2) is 4.98 Å². The minimum absolute atomic E-state index is 0.0529. The van der Waals surface area contributed by atoms with Crippen molar-refractivity contribution < 1.29 is 14.3 Å². The third kappa shape index (κ3) is 5.16. The number of nitrogens with zero attached hydrogens (tertiary/aromatic N) is 3. The highest BCUT2D eigenvalue weighted by molar-refractivity contribution is 7.10. The number of fused-ring (bicyclic) bond motifs is 1. The number of anilines is 1. The first-order valence-electron chi connectivity index (χ1n) is 11.9. The quantitative estimate of drug-likeness (QED) is 0.353. The molecule has 5 rings (SSSR count). The molecule has 1 aliphatic rings. The summed E-state index contributed by atoms with van der Waals surface area (Å²) in [5.41, 5.74) is 4.56. The van der Waals surface area contributed by atoms with Crippen LogP contribution in [-0.4, -0.2) is 41.4 Å². The minimum atomic E-state index is -0.660. The number of amides is 2. The maximum atomic E-state index is 13.1. The fraction of sp³-hybridized carbons (Fsp3) is 0.207. The van der Waals surface area contributed by atoms with Gasteiger partial charge in [0.15, 0.2) is 6.10 Å². The number of benzene rings is 3. The fourth-order valence-electron chi connectivity index (χ4n) is 4.23. The first-order valence-corrected chi connectivity index (χ1v) is 12.7. The molecule has 6 nitrogen and oxygen atoms in total. The summed E-state index contributed by atoms with van der Waals surface area (Å²) < 4.78 is 5.85. The van der Waals surface area contributed by atoms with Crippen molar-refractivity contribution in [1.29, 1.82) is 0 Å². The maximum Gasteiger partial charge on any atom is 0.268 e. The highest BCUT2D eigenvalue weighted by atomic mass is 32.1. The molecule has 1 aliphatic heterocycles. The zero-order valence-corrected chi connectivity index (χ0v) is 21.1. The van der Waals surface area contributed by atoms with E-state index in [1.54, 1.807) is 30.2 Å². The number of likely N-dealkylation sites (N-methyl/N-ethyl adjacent to an activating group) is 1. The lowest BCUT2D eigenvalue weighted by atomic mass is 10.1. The van der Waals surface area contributed by atoms with E-state index in [9.17, 15) is 9.59 Å². The lowest BCUT2D eigenvalue weighted by molar-refractivity contribution is -0.132. The van der Waals surface area contributed by atoms with Crippen LogP contribution in [0.2, 0.25) is 0 Å². The van der Waals surface area contributed by atoms with Crippen LogP contribution in [0, 0.1) is 0 Å². The molecule has 4 aromatic rings. The van der Waals surface area contributed by atoms with Crippen molar-refractivity contribution in [3.63, 3.8) is 0 Å². The van der Waals surface area contributed by atoms with Crippen LogP contribution in [0.1, 0.15) is 23.1 Å². The Morgan fingerprint density at radius 1 is 1.03 bits per heavy atom. The summed E-state index contributed by atoms with van der Waals surface area (Å²) >= 11 is 1.61. The molecule has 0 fully saturated rings. The summed E-state index contributed by atoms with van der Waals surface area (Å²) in [6, 6.07) is 25.7. The lowest BCUT2D eigenvalue weighted by Crippen LogP contribution is -2.49. The number of aromatic nitrogens is 1. The van der Waals surface area contributed by atoms with Gasteiger partial charge in [0.05, 0.1) is 16.4 Å². The highest BCUT2D eigenvalue weighted by Crippen LogP contribution is 2.38. The van der Waals surface area contributed by atoms with E-state index >= 15 is 0 Å². The summed E-state index contributed by atoms with van der Waals surface area (Å²) in [4.78, 5) is 34.2. The normalized spacial score (nSPS) is 14.8. The van der Waals surface area contributed by atoms with Crippen molar-refractivity contribution in [2.45, 2.75) is 26.0 Å².